The van der Waals surface area contributed by atoms with Crippen LogP contribution in [-0.4, -0.2) is 40.9 Å². The summed E-state index contributed by atoms with van der Waals surface area (Å²) in [6.07, 6.45) is 3.39. The lowest BCUT2D eigenvalue weighted by Crippen LogP contribution is -2.43. The minimum Gasteiger partial charge on any atom is -0.314 e. The van der Waals surface area contributed by atoms with Gasteiger partial charge in [-0.15, -0.1) is 0 Å². The maximum Gasteiger partial charge on any atom is 0.123 e. The number of hydrogen-bond acceptors (Lipinski definition) is 3. The third-order valence-electron chi connectivity index (χ3n) is 4.67. The van der Waals surface area contributed by atoms with Gasteiger partial charge in [-0.05, 0) is 49.1 Å². The largest absolute Gasteiger partial charge is 0.314 e. The molecule has 0 spiro atoms. The molecule has 4 nitrogen and oxygen atoms in total. The van der Waals surface area contributed by atoms with Gasteiger partial charge in [0, 0.05) is 38.4 Å². The molecule has 0 saturated carbocycles. The van der Waals surface area contributed by atoms with E-state index < -0.39 is 0 Å². The Kier molecular flexibility index (Phi) is 3.68. The van der Waals surface area contributed by atoms with E-state index in [0.717, 1.165) is 51.3 Å². The molecule has 1 aromatic heterocycles. The summed E-state index contributed by atoms with van der Waals surface area (Å²) in [5, 5.41) is 8.24. The summed E-state index contributed by atoms with van der Waals surface area (Å²) in [5.74, 6) is -0.200. The van der Waals surface area contributed by atoms with E-state index in [1.165, 1.54) is 35.5 Å². The molecular formula is C17H21FN4. The summed E-state index contributed by atoms with van der Waals surface area (Å²) >= 11 is 0. The van der Waals surface area contributed by atoms with E-state index in [9.17, 15) is 4.39 Å². The molecule has 2 aromatic rings. The van der Waals surface area contributed by atoms with Gasteiger partial charge < -0.3 is 5.32 Å². The average Bonchev–Trinajstić information content (AvgIpc) is 3.13. The van der Waals surface area contributed by atoms with Gasteiger partial charge >= 0.3 is 0 Å². The Hall–Kier alpha value is -1.72. The van der Waals surface area contributed by atoms with Crippen molar-refractivity contribution in [1.29, 1.82) is 0 Å². The summed E-state index contributed by atoms with van der Waals surface area (Å²) in [6.45, 7) is 5.20. The minimum absolute atomic E-state index is 0.200. The number of halogens is 1. The predicted octanol–water partition coefficient (Wildman–Crippen LogP) is 1.91. The molecular weight excluding hydrogens is 279 g/mol. The third-order valence-corrected chi connectivity index (χ3v) is 4.67. The topological polar surface area (TPSA) is 33.1 Å². The average molecular weight is 300 g/mol. The molecule has 1 N–H and O–H groups in total. The van der Waals surface area contributed by atoms with Gasteiger partial charge in [0.1, 0.15) is 5.82 Å². The van der Waals surface area contributed by atoms with Gasteiger partial charge in [-0.3, -0.25) is 4.90 Å². The van der Waals surface area contributed by atoms with E-state index in [1.54, 1.807) is 0 Å². The zero-order valence-corrected chi connectivity index (χ0v) is 12.7. The monoisotopic (exact) mass is 300 g/mol. The maximum absolute atomic E-state index is 13.1. The number of benzene rings is 1. The fourth-order valence-electron chi connectivity index (χ4n) is 3.52. The van der Waals surface area contributed by atoms with Gasteiger partial charge in [-0.2, -0.15) is 5.10 Å². The highest BCUT2D eigenvalue weighted by Gasteiger charge is 2.24. The maximum atomic E-state index is 13.1. The number of aromatic nitrogens is 2. The third kappa shape index (κ3) is 2.55. The Labute approximate surface area is 129 Å². The molecule has 1 fully saturated rings. The Morgan fingerprint density at radius 2 is 1.86 bits per heavy atom. The van der Waals surface area contributed by atoms with Crippen molar-refractivity contribution in [3.8, 4) is 5.69 Å². The normalized spacial score (nSPS) is 18.6. The second-order valence-corrected chi connectivity index (χ2v) is 6.14. The van der Waals surface area contributed by atoms with Crippen LogP contribution in [0.2, 0.25) is 0 Å². The van der Waals surface area contributed by atoms with Gasteiger partial charge in [0.2, 0.25) is 0 Å². The smallest absolute Gasteiger partial charge is 0.123 e. The summed E-state index contributed by atoms with van der Waals surface area (Å²) in [6, 6.07) is 6.65. The van der Waals surface area contributed by atoms with Crippen molar-refractivity contribution in [2.24, 2.45) is 0 Å². The molecule has 116 valence electrons. The van der Waals surface area contributed by atoms with Crippen molar-refractivity contribution in [3.05, 3.63) is 47.0 Å². The minimum atomic E-state index is -0.200. The lowest BCUT2D eigenvalue weighted by Gasteiger charge is -2.26. The van der Waals surface area contributed by atoms with Crippen LogP contribution < -0.4 is 5.32 Å². The molecule has 2 heterocycles. The van der Waals surface area contributed by atoms with Crippen LogP contribution in [-0.2, 0) is 19.4 Å². The first-order valence-electron chi connectivity index (χ1n) is 8.10. The zero-order valence-electron chi connectivity index (χ0n) is 12.7. The molecule has 2 aliphatic rings. The van der Waals surface area contributed by atoms with Crippen molar-refractivity contribution in [2.75, 3.05) is 26.2 Å². The second-order valence-electron chi connectivity index (χ2n) is 6.14. The lowest BCUT2D eigenvalue weighted by atomic mass is 10.2. The van der Waals surface area contributed by atoms with Crippen LogP contribution >= 0.6 is 0 Å². The summed E-state index contributed by atoms with van der Waals surface area (Å²) in [5.41, 5.74) is 4.91. The molecule has 1 aromatic carbocycles. The number of nitrogens with one attached hydrogen (secondary N) is 1. The summed E-state index contributed by atoms with van der Waals surface area (Å²) in [7, 11) is 0. The van der Waals surface area contributed by atoms with E-state index >= 15 is 0 Å². The van der Waals surface area contributed by atoms with Gasteiger partial charge in [-0.1, -0.05) is 0 Å². The lowest BCUT2D eigenvalue weighted by molar-refractivity contribution is 0.230. The van der Waals surface area contributed by atoms with E-state index in [-0.39, 0.29) is 5.82 Å². The first-order valence-corrected chi connectivity index (χ1v) is 8.10. The molecule has 0 radical (unpaired) electrons. The Morgan fingerprint density at radius 1 is 1.09 bits per heavy atom. The Bertz CT molecular complexity index is 656. The SMILES string of the molecule is Fc1ccc(-n2nc(CN3CCNCC3)c3c2CCC3)cc1. The zero-order chi connectivity index (χ0) is 14.9. The highest BCUT2D eigenvalue weighted by Crippen LogP contribution is 2.28. The molecule has 0 unspecified atom stereocenters. The van der Waals surface area contributed by atoms with Gasteiger partial charge in [0.15, 0.2) is 0 Å². The molecule has 1 aliphatic heterocycles. The van der Waals surface area contributed by atoms with Crippen LogP contribution in [0.25, 0.3) is 5.69 Å². The van der Waals surface area contributed by atoms with E-state index in [4.69, 9.17) is 5.10 Å². The quantitative estimate of drug-likeness (QED) is 0.940. The van der Waals surface area contributed by atoms with Crippen LogP contribution in [0.1, 0.15) is 23.4 Å². The molecule has 1 aliphatic carbocycles. The number of nitrogens with zero attached hydrogens (tertiary/aromatic N) is 3. The molecule has 1 saturated heterocycles. The van der Waals surface area contributed by atoms with Crippen molar-refractivity contribution >= 4 is 0 Å². The highest BCUT2D eigenvalue weighted by molar-refractivity contribution is 5.40. The van der Waals surface area contributed by atoms with Crippen molar-refractivity contribution < 1.29 is 4.39 Å². The van der Waals surface area contributed by atoms with Crippen LogP contribution in [0.3, 0.4) is 0 Å². The van der Waals surface area contributed by atoms with Crippen LogP contribution in [0.15, 0.2) is 24.3 Å². The molecule has 0 atom stereocenters. The van der Waals surface area contributed by atoms with Gasteiger partial charge in [0.05, 0.1) is 11.4 Å². The fraction of sp³-hybridized carbons (Fsp3) is 0.471. The van der Waals surface area contributed by atoms with Crippen molar-refractivity contribution in [2.45, 2.75) is 25.8 Å². The van der Waals surface area contributed by atoms with Gasteiger partial charge in [-0.25, -0.2) is 9.07 Å². The predicted molar refractivity (Wildman–Crippen MR) is 83.7 cm³/mol. The number of hydrogen-bond donors (Lipinski definition) is 1. The number of fused-ring (bicyclic) bond motifs is 1. The standard InChI is InChI=1S/C17H21FN4/c18-13-4-6-14(7-5-13)22-17-3-1-2-15(17)16(20-22)12-21-10-8-19-9-11-21/h4-7,19H,1-3,8-12H2. The first kappa shape index (κ1) is 13.9. The van der Waals surface area contributed by atoms with Crippen LogP contribution in [0, 0.1) is 5.82 Å². The second kappa shape index (κ2) is 5.82. The highest BCUT2D eigenvalue weighted by atomic mass is 19.1. The first-order chi connectivity index (χ1) is 10.8. The fourth-order valence-corrected chi connectivity index (χ4v) is 3.52. The van der Waals surface area contributed by atoms with Crippen molar-refractivity contribution in [3.63, 3.8) is 0 Å². The molecule has 5 heteroatoms. The number of rotatable bonds is 3. The molecule has 22 heavy (non-hydrogen) atoms. The van der Waals surface area contributed by atoms with Crippen molar-refractivity contribution in [1.82, 2.24) is 20.0 Å². The Balaban J connectivity index is 1.65. The van der Waals surface area contributed by atoms with Crippen LogP contribution in [0.5, 0.6) is 0 Å². The van der Waals surface area contributed by atoms with E-state index in [0.29, 0.717) is 0 Å². The molecule has 4 rings (SSSR count). The summed E-state index contributed by atoms with van der Waals surface area (Å²) in [4.78, 5) is 2.46. The van der Waals surface area contributed by atoms with E-state index in [1.807, 2.05) is 16.8 Å². The van der Waals surface area contributed by atoms with Gasteiger partial charge in [0.25, 0.3) is 0 Å². The van der Waals surface area contributed by atoms with Crippen LogP contribution in [0.4, 0.5) is 4.39 Å². The molecule has 0 bridgehead atoms. The number of piperazine rings is 1. The summed E-state index contributed by atoms with van der Waals surface area (Å²) < 4.78 is 15.2. The van der Waals surface area contributed by atoms with E-state index in [2.05, 4.69) is 10.2 Å². The molecule has 0 amide bonds. The Morgan fingerprint density at radius 3 is 2.64 bits per heavy atom.